The van der Waals surface area contributed by atoms with Crippen LogP contribution in [-0.4, -0.2) is 42.0 Å². The lowest BCUT2D eigenvalue weighted by atomic mass is 9.96. The van der Waals surface area contributed by atoms with Crippen molar-refractivity contribution < 1.29 is 9.59 Å². The third-order valence-electron chi connectivity index (χ3n) is 5.63. The summed E-state index contributed by atoms with van der Waals surface area (Å²) < 4.78 is 0. The third-order valence-corrected chi connectivity index (χ3v) is 5.63. The van der Waals surface area contributed by atoms with Crippen molar-refractivity contribution in [2.45, 2.75) is 57.0 Å². The highest BCUT2D eigenvalue weighted by Crippen LogP contribution is 2.28. The van der Waals surface area contributed by atoms with Crippen molar-refractivity contribution >= 4 is 30.0 Å². The second-order valence-corrected chi connectivity index (χ2v) is 7.50. The summed E-state index contributed by atoms with van der Waals surface area (Å²) in [5.74, 6) is 0.515. The summed E-state index contributed by atoms with van der Waals surface area (Å²) in [6.45, 7) is 1.27. The van der Waals surface area contributed by atoms with Gasteiger partial charge in [-0.15, -0.1) is 12.4 Å². The van der Waals surface area contributed by atoms with Crippen LogP contribution in [0.3, 0.4) is 0 Å². The second kappa shape index (κ2) is 10.5. The van der Waals surface area contributed by atoms with Crippen LogP contribution in [0.15, 0.2) is 30.3 Å². The van der Waals surface area contributed by atoms with E-state index in [1.165, 1.54) is 0 Å². The van der Waals surface area contributed by atoms with Crippen LogP contribution in [0.25, 0.3) is 0 Å². The number of carbonyl (C=O) groups excluding carboxylic acids is 2. The molecule has 7 heteroatoms. The highest BCUT2D eigenvalue weighted by Gasteiger charge is 2.31. The molecule has 0 aromatic heterocycles. The average Bonchev–Trinajstić information content (AvgIpc) is 3.05. The molecule has 3 rings (SSSR count). The smallest absolute Gasteiger partial charge is 0.319 e. The zero-order valence-electron chi connectivity index (χ0n) is 15.7. The fourth-order valence-electron chi connectivity index (χ4n) is 4.11. The highest BCUT2D eigenvalue weighted by atomic mass is 35.5. The van der Waals surface area contributed by atoms with Crippen LogP contribution in [0.4, 0.5) is 10.5 Å². The summed E-state index contributed by atoms with van der Waals surface area (Å²) in [4.78, 5) is 26.9. The average molecular weight is 395 g/mol. The summed E-state index contributed by atoms with van der Waals surface area (Å²) in [6.07, 6.45) is 6.84. The van der Waals surface area contributed by atoms with Gasteiger partial charge in [-0.3, -0.25) is 4.79 Å². The van der Waals surface area contributed by atoms with Crippen LogP contribution in [0.5, 0.6) is 0 Å². The molecular weight excluding hydrogens is 364 g/mol. The lowest BCUT2D eigenvalue weighted by molar-refractivity contribution is -0.135. The predicted octanol–water partition coefficient (Wildman–Crippen LogP) is 3.13. The molecular formula is C20H31ClN4O2. The molecule has 0 radical (unpaired) electrons. The van der Waals surface area contributed by atoms with E-state index in [-0.39, 0.29) is 36.4 Å². The number of para-hydroxylation sites is 1. The second-order valence-electron chi connectivity index (χ2n) is 7.50. The van der Waals surface area contributed by atoms with Crippen molar-refractivity contribution in [1.82, 2.24) is 10.2 Å². The van der Waals surface area contributed by atoms with E-state index in [1.807, 2.05) is 35.2 Å². The molecule has 1 heterocycles. The van der Waals surface area contributed by atoms with Crippen molar-refractivity contribution in [2.24, 2.45) is 11.7 Å². The molecule has 0 bridgehead atoms. The van der Waals surface area contributed by atoms with Crippen molar-refractivity contribution in [3.8, 4) is 0 Å². The number of nitrogens with one attached hydrogen (secondary N) is 2. The van der Waals surface area contributed by atoms with Gasteiger partial charge in [-0.25, -0.2) is 4.79 Å². The molecule has 1 aliphatic heterocycles. The van der Waals surface area contributed by atoms with Crippen LogP contribution in [0.2, 0.25) is 0 Å². The van der Waals surface area contributed by atoms with Crippen molar-refractivity contribution in [3.05, 3.63) is 30.3 Å². The quantitative estimate of drug-likeness (QED) is 0.716. The number of nitrogens with zero attached hydrogens (tertiary/aromatic N) is 1. The molecule has 1 aliphatic carbocycles. The van der Waals surface area contributed by atoms with Gasteiger partial charge in [0.2, 0.25) is 5.91 Å². The number of hydrogen-bond acceptors (Lipinski definition) is 3. The van der Waals surface area contributed by atoms with Crippen LogP contribution in [-0.2, 0) is 4.79 Å². The summed E-state index contributed by atoms with van der Waals surface area (Å²) >= 11 is 0. The Labute approximate surface area is 167 Å². The van der Waals surface area contributed by atoms with E-state index in [4.69, 9.17) is 5.73 Å². The van der Waals surface area contributed by atoms with Gasteiger partial charge in [0.05, 0.1) is 0 Å². The maximum atomic E-state index is 12.8. The first-order valence-electron chi connectivity index (χ1n) is 9.78. The van der Waals surface area contributed by atoms with Gasteiger partial charge in [-0.1, -0.05) is 24.6 Å². The Morgan fingerprint density at radius 1 is 1.07 bits per heavy atom. The standard InChI is InChI=1S/C20H30N4O2.ClH/c21-18-11-6-7-15(18)13-19(25)24-12-5-4-10-17(24)14-22-20(26)23-16-8-2-1-3-9-16;/h1-3,8-9,15,17-18H,4-7,10-14,21H2,(H2,22,23,26);1H/t15-,17?,18+;/m0./s1. The molecule has 1 saturated carbocycles. The summed E-state index contributed by atoms with van der Waals surface area (Å²) in [7, 11) is 0. The molecule has 6 nitrogen and oxygen atoms in total. The number of urea groups is 1. The number of benzene rings is 1. The number of likely N-dealkylation sites (tertiary alicyclic amines) is 1. The summed E-state index contributed by atoms with van der Waals surface area (Å²) in [5, 5.41) is 5.74. The van der Waals surface area contributed by atoms with Crippen molar-refractivity contribution in [3.63, 3.8) is 0 Å². The van der Waals surface area contributed by atoms with Gasteiger partial charge in [0.1, 0.15) is 0 Å². The first-order chi connectivity index (χ1) is 12.6. The number of piperidine rings is 1. The van der Waals surface area contributed by atoms with E-state index in [2.05, 4.69) is 10.6 Å². The van der Waals surface area contributed by atoms with Crippen molar-refractivity contribution in [2.75, 3.05) is 18.4 Å². The molecule has 2 aliphatic rings. The SMILES string of the molecule is Cl.N[C@@H]1CCC[C@H]1CC(=O)N1CCCCC1CNC(=O)Nc1ccccc1. The maximum Gasteiger partial charge on any atom is 0.319 e. The monoisotopic (exact) mass is 394 g/mol. The molecule has 27 heavy (non-hydrogen) atoms. The summed E-state index contributed by atoms with van der Waals surface area (Å²) in [6, 6.07) is 9.38. The highest BCUT2D eigenvalue weighted by molar-refractivity contribution is 5.89. The van der Waals surface area contributed by atoms with Crippen LogP contribution >= 0.6 is 12.4 Å². The summed E-state index contributed by atoms with van der Waals surface area (Å²) in [5.41, 5.74) is 6.89. The Morgan fingerprint density at radius 2 is 1.85 bits per heavy atom. The first kappa shape index (κ1) is 21.5. The molecule has 2 fully saturated rings. The Balaban J connectivity index is 0.00000261. The van der Waals surface area contributed by atoms with Gasteiger partial charge in [0.25, 0.3) is 0 Å². The van der Waals surface area contributed by atoms with Crippen LogP contribution in [0.1, 0.15) is 44.9 Å². The van der Waals surface area contributed by atoms with E-state index < -0.39 is 0 Å². The zero-order valence-corrected chi connectivity index (χ0v) is 16.5. The molecule has 1 aromatic carbocycles. The van der Waals surface area contributed by atoms with Crippen LogP contribution in [0, 0.1) is 5.92 Å². The fraction of sp³-hybridized carbons (Fsp3) is 0.600. The topological polar surface area (TPSA) is 87.5 Å². The van der Waals surface area contributed by atoms with E-state index in [0.717, 1.165) is 50.8 Å². The lowest BCUT2D eigenvalue weighted by Crippen LogP contribution is -2.50. The van der Waals surface area contributed by atoms with Gasteiger partial charge in [-0.05, 0) is 50.2 Å². The lowest BCUT2D eigenvalue weighted by Gasteiger charge is -2.36. The predicted molar refractivity (Wildman–Crippen MR) is 110 cm³/mol. The number of anilines is 1. The van der Waals surface area contributed by atoms with Gasteiger partial charge >= 0.3 is 6.03 Å². The molecule has 1 aromatic rings. The van der Waals surface area contributed by atoms with Gasteiger partial charge < -0.3 is 21.3 Å². The fourth-order valence-corrected chi connectivity index (χ4v) is 4.11. The minimum Gasteiger partial charge on any atom is -0.338 e. The molecule has 1 unspecified atom stereocenters. The zero-order chi connectivity index (χ0) is 18.4. The minimum atomic E-state index is -0.230. The van der Waals surface area contributed by atoms with E-state index in [9.17, 15) is 9.59 Å². The van der Waals surface area contributed by atoms with E-state index >= 15 is 0 Å². The van der Waals surface area contributed by atoms with Gasteiger partial charge in [-0.2, -0.15) is 0 Å². The number of rotatable bonds is 5. The molecule has 1 saturated heterocycles. The normalized spacial score (nSPS) is 24.8. The Morgan fingerprint density at radius 3 is 2.56 bits per heavy atom. The number of amides is 3. The number of halogens is 1. The molecule has 3 amide bonds. The van der Waals surface area contributed by atoms with Crippen LogP contribution < -0.4 is 16.4 Å². The van der Waals surface area contributed by atoms with Gasteiger partial charge in [0, 0.05) is 37.3 Å². The Kier molecular flexibility index (Phi) is 8.38. The number of carbonyl (C=O) groups is 2. The maximum absolute atomic E-state index is 12.8. The molecule has 150 valence electrons. The van der Waals surface area contributed by atoms with Gasteiger partial charge in [0.15, 0.2) is 0 Å². The molecule has 3 atom stereocenters. The Bertz CT molecular complexity index is 613. The Hall–Kier alpha value is -1.79. The largest absolute Gasteiger partial charge is 0.338 e. The number of nitrogens with two attached hydrogens (primary N) is 1. The van der Waals surface area contributed by atoms with E-state index in [1.54, 1.807) is 0 Å². The number of hydrogen-bond donors (Lipinski definition) is 3. The van der Waals surface area contributed by atoms with Crippen molar-refractivity contribution in [1.29, 1.82) is 0 Å². The minimum absolute atomic E-state index is 0. The van der Waals surface area contributed by atoms with E-state index in [0.29, 0.717) is 18.9 Å². The molecule has 4 N–H and O–H groups in total. The molecule has 0 spiro atoms. The third kappa shape index (κ3) is 6.11. The first-order valence-corrected chi connectivity index (χ1v) is 9.78.